The predicted octanol–water partition coefficient (Wildman–Crippen LogP) is 2.83. The first-order valence-corrected chi connectivity index (χ1v) is 7.47. The molecule has 0 amide bonds. The van der Waals surface area contributed by atoms with E-state index in [0.717, 1.165) is 12.1 Å². The molecule has 0 saturated carbocycles. The molecule has 0 aromatic heterocycles. The highest BCUT2D eigenvalue weighted by molar-refractivity contribution is 7.90. The molecule has 0 aliphatic heterocycles. The van der Waals surface area contributed by atoms with E-state index < -0.39 is 27.2 Å². The molecule has 0 unspecified atom stereocenters. The molecule has 0 saturated heterocycles. The zero-order chi connectivity index (χ0) is 14.9. The van der Waals surface area contributed by atoms with Crippen molar-refractivity contribution in [3.63, 3.8) is 0 Å². The minimum Gasteiger partial charge on any atom is -0.398 e. The molecular formula is C14H13F2NO2S. The smallest absolute Gasteiger partial charge is 0.182 e. The SMILES string of the molecule is Cc1c(N)cccc1S(=O)(=O)Cc1cc(F)cc(F)c1. The minimum atomic E-state index is -3.71. The van der Waals surface area contributed by atoms with Gasteiger partial charge in [-0.1, -0.05) is 6.07 Å². The summed E-state index contributed by atoms with van der Waals surface area (Å²) in [6.45, 7) is 1.59. The van der Waals surface area contributed by atoms with Crippen LogP contribution in [-0.4, -0.2) is 8.42 Å². The van der Waals surface area contributed by atoms with Gasteiger partial charge in [0.25, 0.3) is 0 Å². The van der Waals surface area contributed by atoms with Crippen molar-refractivity contribution in [2.45, 2.75) is 17.6 Å². The third-order valence-corrected chi connectivity index (χ3v) is 4.77. The van der Waals surface area contributed by atoms with Crippen LogP contribution in [0.1, 0.15) is 11.1 Å². The summed E-state index contributed by atoms with van der Waals surface area (Å²) in [7, 11) is -3.71. The van der Waals surface area contributed by atoms with Crippen molar-refractivity contribution in [3.05, 3.63) is 59.2 Å². The highest BCUT2D eigenvalue weighted by atomic mass is 32.2. The Morgan fingerprint density at radius 3 is 2.30 bits per heavy atom. The van der Waals surface area contributed by atoms with Crippen LogP contribution in [0, 0.1) is 18.6 Å². The lowest BCUT2D eigenvalue weighted by Gasteiger charge is -2.10. The van der Waals surface area contributed by atoms with E-state index in [-0.39, 0.29) is 10.5 Å². The lowest BCUT2D eigenvalue weighted by Crippen LogP contribution is -2.08. The van der Waals surface area contributed by atoms with Gasteiger partial charge in [0.15, 0.2) is 9.84 Å². The number of hydrogen-bond acceptors (Lipinski definition) is 3. The van der Waals surface area contributed by atoms with Crippen LogP contribution < -0.4 is 5.73 Å². The molecule has 20 heavy (non-hydrogen) atoms. The molecule has 0 aliphatic carbocycles. The monoisotopic (exact) mass is 297 g/mol. The number of halogens is 2. The van der Waals surface area contributed by atoms with Gasteiger partial charge in [-0.3, -0.25) is 0 Å². The van der Waals surface area contributed by atoms with Gasteiger partial charge in [0.2, 0.25) is 0 Å². The van der Waals surface area contributed by atoms with Crippen molar-refractivity contribution in [2.75, 3.05) is 5.73 Å². The van der Waals surface area contributed by atoms with Gasteiger partial charge >= 0.3 is 0 Å². The average Bonchev–Trinajstić information content (AvgIpc) is 2.30. The summed E-state index contributed by atoms with van der Waals surface area (Å²) in [6, 6.07) is 7.25. The Morgan fingerprint density at radius 1 is 1.10 bits per heavy atom. The molecule has 0 heterocycles. The molecule has 0 atom stereocenters. The summed E-state index contributed by atoms with van der Waals surface area (Å²) in [4.78, 5) is 0.0715. The topological polar surface area (TPSA) is 60.2 Å². The van der Waals surface area contributed by atoms with E-state index in [4.69, 9.17) is 5.73 Å². The molecule has 3 nitrogen and oxygen atoms in total. The molecular weight excluding hydrogens is 284 g/mol. The number of benzene rings is 2. The first-order chi connectivity index (χ1) is 9.29. The Kier molecular flexibility index (Phi) is 3.76. The van der Waals surface area contributed by atoms with E-state index >= 15 is 0 Å². The minimum absolute atomic E-state index is 0.0596. The summed E-state index contributed by atoms with van der Waals surface area (Å²) in [6.07, 6.45) is 0. The molecule has 2 N–H and O–H groups in total. The molecule has 2 aromatic carbocycles. The van der Waals surface area contributed by atoms with Crippen LogP contribution in [0.4, 0.5) is 14.5 Å². The van der Waals surface area contributed by atoms with E-state index in [1.807, 2.05) is 0 Å². The highest BCUT2D eigenvalue weighted by Crippen LogP contribution is 2.24. The van der Waals surface area contributed by atoms with E-state index in [9.17, 15) is 17.2 Å². The van der Waals surface area contributed by atoms with Crippen molar-refractivity contribution < 1.29 is 17.2 Å². The molecule has 0 bridgehead atoms. The molecule has 0 radical (unpaired) electrons. The molecule has 2 rings (SSSR count). The summed E-state index contributed by atoms with van der Waals surface area (Å²) < 4.78 is 50.8. The largest absolute Gasteiger partial charge is 0.398 e. The number of anilines is 1. The number of nitrogen functional groups attached to an aromatic ring is 1. The second-order valence-electron chi connectivity index (χ2n) is 4.51. The number of nitrogens with two attached hydrogens (primary N) is 1. The standard InChI is InChI=1S/C14H13F2NO2S/c1-9-13(17)3-2-4-14(9)20(18,19)8-10-5-11(15)7-12(16)6-10/h2-7H,8,17H2,1H3. The van der Waals surface area contributed by atoms with Crippen LogP contribution in [0.25, 0.3) is 0 Å². The van der Waals surface area contributed by atoms with E-state index in [1.165, 1.54) is 12.1 Å². The fourth-order valence-corrected chi connectivity index (χ4v) is 3.59. The number of rotatable bonds is 3. The van der Waals surface area contributed by atoms with Gasteiger partial charge in [-0.05, 0) is 42.3 Å². The maximum Gasteiger partial charge on any atom is 0.182 e. The van der Waals surface area contributed by atoms with Gasteiger partial charge in [0.05, 0.1) is 10.6 Å². The Labute approximate surface area is 116 Å². The van der Waals surface area contributed by atoms with Crippen molar-refractivity contribution in [3.8, 4) is 0 Å². The van der Waals surface area contributed by atoms with Crippen LogP contribution in [0.5, 0.6) is 0 Å². The van der Waals surface area contributed by atoms with E-state index in [1.54, 1.807) is 13.0 Å². The molecule has 0 fully saturated rings. The summed E-state index contributed by atoms with van der Waals surface area (Å²) in [5, 5.41) is 0. The van der Waals surface area contributed by atoms with Crippen molar-refractivity contribution in [1.82, 2.24) is 0 Å². The first-order valence-electron chi connectivity index (χ1n) is 5.82. The average molecular weight is 297 g/mol. The van der Waals surface area contributed by atoms with Crippen LogP contribution in [0.3, 0.4) is 0 Å². The maximum absolute atomic E-state index is 13.1. The second-order valence-corrected chi connectivity index (χ2v) is 6.47. The van der Waals surface area contributed by atoms with Crippen LogP contribution in [0.2, 0.25) is 0 Å². The van der Waals surface area contributed by atoms with Gasteiger partial charge in [0.1, 0.15) is 11.6 Å². The summed E-state index contributed by atoms with van der Waals surface area (Å²) >= 11 is 0. The normalized spacial score (nSPS) is 11.6. The van der Waals surface area contributed by atoms with Crippen molar-refractivity contribution in [1.29, 1.82) is 0 Å². The van der Waals surface area contributed by atoms with E-state index in [0.29, 0.717) is 17.3 Å². The highest BCUT2D eigenvalue weighted by Gasteiger charge is 2.19. The zero-order valence-electron chi connectivity index (χ0n) is 10.7. The van der Waals surface area contributed by atoms with Crippen LogP contribution in [0.15, 0.2) is 41.3 Å². The fraction of sp³-hybridized carbons (Fsp3) is 0.143. The molecule has 0 aliphatic rings. The molecule has 106 valence electrons. The summed E-state index contributed by atoms with van der Waals surface area (Å²) in [5.41, 5.74) is 6.53. The Morgan fingerprint density at radius 2 is 1.70 bits per heavy atom. The first kappa shape index (κ1) is 14.5. The van der Waals surface area contributed by atoms with E-state index in [2.05, 4.69) is 0 Å². The maximum atomic E-state index is 13.1. The number of sulfone groups is 1. The third kappa shape index (κ3) is 2.96. The van der Waals surface area contributed by atoms with Crippen LogP contribution in [-0.2, 0) is 15.6 Å². The lowest BCUT2D eigenvalue weighted by atomic mass is 10.2. The third-order valence-electron chi connectivity index (χ3n) is 2.94. The Balaban J connectivity index is 2.43. The quantitative estimate of drug-likeness (QED) is 0.886. The van der Waals surface area contributed by atoms with Gasteiger partial charge in [0, 0.05) is 11.8 Å². The second kappa shape index (κ2) is 5.20. The lowest BCUT2D eigenvalue weighted by molar-refractivity contribution is 0.579. The van der Waals surface area contributed by atoms with Crippen molar-refractivity contribution in [2.24, 2.45) is 0 Å². The van der Waals surface area contributed by atoms with Gasteiger partial charge in [-0.2, -0.15) is 0 Å². The Bertz CT molecular complexity index is 738. The number of hydrogen-bond donors (Lipinski definition) is 1. The molecule has 6 heteroatoms. The van der Waals surface area contributed by atoms with Gasteiger partial charge < -0.3 is 5.73 Å². The molecule has 2 aromatic rings. The Hall–Kier alpha value is -1.95. The summed E-state index contributed by atoms with van der Waals surface area (Å²) in [5.74, 6) is -2.09. The zero-order valence-corrected chi connectivity index (χ0v) is 11.5. The van der Waals surface area contributed by atoms with Crippen molar-refractivity contribution >= 4 is 15.5 Å². The molecule has 0 spiro atoms. The van der Waals surface area contributed by atoms with Gasteiger partial charge in [-0.25, -0.2) is 17.2 Å². The predicted molar refractivity (Wildman–Crippen MR) is 72.8 cm³/mol. The van der Waals surface area contributed by atoms with Crippen LogP contribution >= 0.6 is 0 Å². The fourth-order valence-electron chi connectivity index (χ4n) is 1.96. The van der Waals surface area contributed by atoms with Gasteiger partial charge in [-0.15, -0.1) is 0 Å².